The number of ether oxygens (including phenoxy) is 1. The number of benzene rings is 1. The van der Waals surface area contributed by atoms with Gasteiger partial charge in [-0.05, 0) is 25.0 Å². The molecule has 2 N–H and O–H groups in total. The summed E-state index contributed by atoms with van der Waals surface area (Å²) in [5.41, 5.74) is 0. The second kappa shape index (κ2) is 16.2. The lowest BCUT2D eigenvalue weighted by Gasteiger charge is -2.14. The SMILES string of the molecule is CCCCCCCC(=O)NCCOP(=O)(O)Oc1cccc(OCCCCCC)c1. The number of hydrogen-bond donors (Lipinski definition) is 2. The van der Waals surface area contributed by atoms with Gasteiger partial charge >= 0.3 is 7.82 Å². The van der Waals surface area contributed by atoms with E-state index in [-0.39, 0.29) is 24.8 Å². The average molecular weight is 444 g/mol. The van der Waals surface area contributed by atoms with Crippen LogP contribution in [-0.4, -0.2) is 30.6 Å². The van der Waals surface area contributed by atoms with Crippen LogP contribution < -0.4 is 14.6 Å². The third kappa shape index (κ3) is 13.6. The van der Waals surface area contributed by atoms with E-state index < -0.39 is 7.82 Å². The van der Waals surface area contributed by atoms with Crippen molar-refractivity contribution in [2.75, 3.05) is 19.8 Å². The molecule has 0 saturated carbocycles. The number of unbranched alkanes of at least 4 members (excludes halogenated alkanes) is 7. The van der Waals surface area contributed by atoms with Crippen molar-refractivity contribution in [2.24, 2.45) is 0 Å². The Labute approximate surface area is 181 Å². The summed E-state index contributed by atoms with van der Waals surface area (Å²) in [6.07, 6.45) is 10.3. The molecule has 0 aliphatic heterocycles. The Hall–Kier alpha value is -1.56. The van der Waals surface area contributed by atoms with Gasteiger partial charge in [0.15, 0.2) is 0 Å². The van der Waals surface area contributed by atoms with Crippen molar-refractivity contribution in [3.8, 4) is 11.5 Å². The minimum Gasteiger partial charge on any atom is -0.493 e. The number of carbonyl (C=O) groups is 1. The first-order chi connectivity index (χ1) is 14.5. The van der Waals surface area contributed by atoms with E-state index in [9.17, 15) is 14.3 Å². The largest absolute Gasteiger partial charge is 0.527 e. The third-order valence-electron chi connectivity index (χ3n) is 4.48. The number of phosphoric ester groups is 1. The summed E-state index contributed by atoms with van der Waals surface area (Å²) in [7, 11) is -4.28. The Morgan fingerprint density at radius 3 is 2.37 bits per heavy atom. The number of nitrogens with one attached hydrogen (secondary N) is 1. The first-order valence-corrected chi connectivity index (χ1v) is 12.6. The molecule has 1 unspecified atom stereocenters. The van der Waals surface area contributed by atoms with Crippen LogP contribution in [0.5, 0.6) is 11.5 Å². The summed E-state index contributed by atoms with van der Waals surface area (Å²) < 4.78 is 27.8. The maximum absolute atomic E-state index is 12.1. The predicted molar refractivity (Wildman–Crippen MR) is 119 cm³/mol. The van der Waals surface area contributed by atoms with E-state index in [0.29, 0.717) is 18.8 Å². The van der Waals surface area contributed by atoms with Crippen LogP contribution in [0, 0.1) is 0 Å². The molecule has 0 bridgehead atoms. The van der Waals surface area contributed by atoms with Crippen LogP contribution in [0.2, 0.25) is 0 Å². The Balaban J connectivity index is 2.25. The fraction of sp³-hybridized carbons (Fsp3) is 0.682. The zero-order valence-corrected chi connectivity index (χ0v) is 19.3. The van der Waals surface area contributed by atoms with Crippen LogP contribution >= 0.6 is 7.82 Å². The number of hydrogen-bond acceptors (Lipinski definition) is 5. The number of carbonyl (C=O) groups excluding carboxylic acids is 1. The van der Waals surface area contributed by atoms with Crippen molar-refractivity contribution in [3.63, 3.8) is 0 Å². The van der Waals surface area contributed by atoms with E-state index in [1.807, 2.05) is 0 Å². The van der Waals surface area contributed by atoms with Crippen molar-refractivity contribution in [1.82, 2.24) is 5.32 Å². The standard InChI is InChI=1S/C22H38NO6P/c1-3-5-7-9-10-15-22(24)23-16-18-28-30(25,26)29-21-14-12-13-20(19-21)27-17-11-8-6-4-2/h12-14,19H,3-11,15-18H2,1-2H3,(H,23,24)(H,25,26). The fourth-order valence-corrected chi connectivity index (χ4v) is 3.58. The minimum absolute atomic E-state index is 0.0763. The summed E-state index contributed by atoms with van der Waals surface area (Å²) in [4.78, 5) is 21.6. The highest BCUT2D eigenvalue weighted by Crippen LogP contribution is 2.44. The van der Waals surface area contributed by atoms with Crippen molar-refractivity contribution in [3.05, 3.63) is 24.3 Å². The molecule has 172 valence electrons. The van der Waals surface area contributed by atoms with Gasteiger partial charge in [0.1, 0.15) is 11.5 Å². The third-order valence-corrected chi connectivity index (χ3v) is 5.43. The number of rotatable bonds is 18. The van der Waals surface area contributed by atoms with Crippen molar-refractivity contribution in [2.45, 2.75) is 78.1 Å². The summed E-state index contributed by atoms with van der Waals surface area (Å²) in [6, 6.07) is 6.59. The van der Waals surface area contributed by atoms with Crippen LogP contribution in [-0.2, 0) is 13.9 Å². The summed E-state index contributed by atoms with van der Waals surface area (Å²) >= 11 is 0. The molecule has 1 rings (SSSR count). The van der Waals surface area contributed by atoms with Gasteiger partial charge < -0.3 is 14.6 Å². The van der Waals surface area contributed by atoms with Gasteiger partial charge in [0, 0.05) is 19.0 Å². The molecule has 1 atom stereocenters. The molecule has 1 aromatic carbocycles. The first-order valence-electron chi connectivity index (χ1n) is 11.1. The lowest BCUT2D eigenvalue weighted by Crippen LogP contribution is -2.26. The van der Waals surface area contributed by atoms with Crippen LogP contribution in [0.3, 0.4) is 0 Å². The highest BCUT2D eigenvalue weighted by atomic mass is 31.2. The predicted octanol–water partition coefficient (Wildman–Crippen LogP) is 5.62. The molecule has 0 spiro atoms. The second-order valence-electron chi connectivity index (χ2n) is 7.29. The highest BCUT2D eigenvalue weighted by molar-refractivity contribution is 7.47. The summed E-state index contributed by atoms with van der Waals surface area (Å²) in [5, 5.41) is 2.69. The van der Waals surface area contributed by atoms with Gasteiger partial charge in [0.05, 0.1) is 13.2 Å². The molecular weight excluding hydrogens is 405 g/mol. The molecule has 0 fully saturated rings. The molecule has 1 aromatic rings. The van der Waals surface area contributed by atoms with Gasteiger partial charge in [0.2, 0.25) is 5.91 Å². The molecule has 0 aliphatic carbocycles. The fourth-order valence-electron chi connectivity index (χ4n) is 2.83. The summed E-state index contributed by atoms with van der Waals surface area (Å²) in [6.45, 7) is 4.94. The van der Waals surface area contributed by atoms with Gasteiger partial charge in [-0.15, -0.1) is 0 Å². The molecule has 0 aliphatic rings. The smallest absolute Gasteiger partial charge is 0.493 e. The molecule has 7 nitrogen and oxygen atoms in total. The molecular formula is C22H38NO6P. The van der Waals surface area contributed by atoms with E-state index >= 15 is 0 Å². The minimum atomic E-state index is -4.28. The van der Waals surface area contributed by atoms with Gasteiger partial charge in [-0.2, -0.15) is 0 Å². The molecule has 0 heterocycles. The van der Waals surface area contributed by atoms with Crippen molar-refractivity contribution < 1.29 is 28.0 Å². The van der Waals surface area contributed by atoms with Crippen LogP contribution in [0.1, 0.15) is 78.1 Å². The molecule has 1 amide bonds. The van der Waals surface area contributed by atoms with Gasteiger partial charge in [0.25, 0.3) is 0 Å². The molecule has 0 saturated heterocycles. The van der Waals surface area contributed by atoms with Crippen LogP contribution in [0.4, 0.5) is 0 Å². The van der Waals surface area contributed by atoms with Gasteiger partial charge in [-0.25, -0.2) is 4.57 Å². The van der Waals surface area contributed by atoms with E-state index in [1.54, 1.807) is 24.3 Å². The Bertz CT molecular complexity index is 640. The lowest BCUT2D eigenvalue weighted by atomic mass is 10.1. The zero-order valence-electron chi connectivity index (χ0n) is 18.4. The zero-order chi connectivity index (χ0) is 22.1. The first kappa shape index (κ1) is 26.5. The molecule has 30 heavy (non-hydrogen) atoms. The number of phosphoric acid groups is 1. The normalized spacial score (nSPS) is 12.9. The quantitative estimate of drug-likeness (QED) is 0.226. The highest BCUT2D eigenvalue weighted by Gasteiger charge is 2.23. The molecule has 0 radical (unpaired) electrons. The Morgan fingerprint density at radius 2 is 1.63 bits per heavy atom. The maximum atomic E-state index is 12.1. The van der Waals surface area contributed by atoms with Gasteiger partial charge in [-0.3, -0.25) is 14.2 Å². The van der Waals surface area contributed by atoms with Gasteiger partial charge in [-0.1, -0.05) is 64.9 Å². The van der Waals surface area contributed by atoms with Crippen LogP contribution in [0.15, 0.2) is 24.3 Å². The average Bonchev–Trinajstić information content (AvgIpc) is 2.71. The number of amides is 1. The monoisotopic (exact) mass is 443 g/mol. The maximum Gasteiger partial charge on any atom is 0.527 e. The van der Waals surface area contributed by atoms with E-state index in [0.717, 1.165) is 38.5 Å². The van der Waals surface area contributed by atoms with E-state index in [4.69, 9.17) is 13.8 Å². The van der Waals surface area contributed by atoms with E-state index in [1.165, 1.54) is 19.3 Å². The van der Waals surface area contributed by atoms with Crippen molar-refractivity contribution >= 4 is 13.7 Å². The molecule has 0 aromatic heterocycles. The molecule has 8 heteroatoms. The topological polar surface area (TPSA) is 94.1 Å². The summed E-state index contributed by atoms with van der Waals surface area (Å²) in [5.74, 6) is 0.700. The lowest BCUT2D eigenvalue weighted by molar-refractivity contribution is -0.121. The van der Waals surface area contributed by atoms with Crippen LogP contribution in [0.25, 0.3) is 0 Å². The van der Waals surface area contributed by atoms with E-state index in [2.05, 4.69) is 19.2 Å². The Kier molecular flexibility index (Phi) is 14.3. The second-order valence-corrected chi connectivity index (χ2v) is 8.67. The van der Waals surface area contributed by atoms with Crippen molar-refractivity contribution in [1.29, 1.82) is 0 Å². The Morgan fingerprint density at radius 1 is 0.967 bits per heavy atom.